The van der Waals surface area contributed by atoms with Crippen molar-refractivity contribution in [1.29, 1.82) is 0 Å². The number of rotatable bonds is 6. The molecule has 1 fully saturated rings. The molecule has 1 unspecified atom stereocenters. The first-order valence-electron chi connectivity index (χ1n) is 7.49. The zero-order valence-corrected chi connectivity index (χ0v) is 12.6. The Bertz CT molecular complexity index is 423. The third-order valence-electron chi connectivity index (χ3n) is 4.14. The Labute approximate surface area is 121 Å². The number of phenolic OH excluding ortho intramolecular Hbond substituents is 1. The van der Waals surface area contributed by atoms with Crippen LogP contribution in [0.4, 0.5) is 0 Å². The SMILES string of the molecule is CNCCC1CCCCN1Cc1cc(OC)ccc1O. The van der Waals surface area contributed by atoms with Gasteiger partial charge in [-0.25, -0.2) is 0 Å². The summed E-state index contributed by atoms with van der Waals surface area (Å²) < 4.78 is 5.25. The van der Waals surface area contributed by atoms with Gasteiger partial charge in [0.15, 0.2) is 0 Å². The first kappa shape index (κ1) is 15.1. The Hall–Kier alpha value is -1.26. The average Bonchev–Trinajstić information content (AvgIpc) is 2.48. The van der Waals surface area contributed by atoms with Gasteiger partial charge in [0.05, 0.1) is 7.11 Å². The van der Waals surface area contributed by atoms with Crippen molar-refractivity contribution in [3.05, 3.63) is 23.8 Å². The molecule has 4 nitrogen and oxygen atoms in total. The summed E-state index contributed by atoms with van der Waals surface area (Å²) >= 11 is 0. The van der Waals surface area contributed by atoms with Gasteiger partial charge in [-0.15, -0.1) is 0 Å². The van der Waals surface area contributed by atoms with E-state index in [1.54, 1.807) is 19.2 Å². The summed E-state index contributed by atoms with van der Waals surface area (Å²) in [5.74, 6) is 1.17. The third-order valence-corrected chi connectivity index (χ3v) is 4.14. The molecular formula is C16H26N2O2. The lowest BCUT2D eigenvalue weighted by molar-refractivity contribution is 0.131. The summed E-state index contributed by atoms with van der Waals surface area (Å²) in [7, 11) is 3.66. The topological polar surface area (TPSA) is 44.7 Å². The van der Waals surface area contributed by atoms with Crippen molar-refractivity contribution < 1.29 is 9.84 Å². The number of methoxy groups -OCH3 is 1. The summed E-state index contributed by atoms with van der Waals surface area (Å²) in [6.07, 6.45) is 4.99. The molecule has 2 rings (SSSR count). The molecule has 0 spiro atoms. The highest BCUT2D eigenvalue weighted by Crippen LogP contribution is 2.28. The molecule has 1 atom stereocenters. The number of hydrogen-bond acceptors (Lipinski definition) is 4. The largest absolute Gasteiger partial charge is 0.508 e. The molecule has 1 saturated heterocycles. The van der Waals surface area contributed by atoms with Crippen molar-refractivity contribution in [3.8, 4) is 11.5 Å². The first-order valence-corrected chi connectivity index (χ1v) is 7.49. The molecular weight excluding hydrogens is 252 g/mol. The molecule has 1 aliphatic heterocycles. The van der Waals surface area contributed by atoms with Crippen molar-refractivity contribution in [2.75, 3.05) is 27.2 Å². The average molecular weight is 278 g/mol. The van der Waals surface area contributed by atoms with Gasteiger partial charge in [0.25, 0.3) is 0 Å². The molecule has 112 valence electrons. The minimum atomic E-state index is 0.365. The van der Waals surface area contributed by atoms with Crippen molar-refractivity contribution in [2.24, 2.45) is 0 Å². The van der Waals surface area contributed by atoms with Gasteiger partial charge in [-0.3, -0.25) is 4.90 Å². The van der Waals surface area contributed by atoms with Gasteiger partial charge in [0.2, 0.25) is 0 Å². The predicted octanol–water partition coefficient (Wildman–Crippen LogP) is 2.36. The predicted molar refractivity (Wildman–Crippen MR) is 81.3 cm³/mol. The van der Waals surface area contributed by atoms with E-state index in [1.807, 2.05) is 13.1 Å². The van der Waals surface area contributed by atoms with E-state index in [-0.39, 0.29) is 0 Å². The summed E-state index contributed by atoms with van der Waals surface area (Å²) in [6, 6.07) is 6.08. The van der Waals surface area contributed by atoms with Gasteiger partial charge in [0, 0.05) is 18.2 Å². The summed E-state index contributed by atoms with van der Waals surface area (Å²) in [6.45, 7) is 2.97. The maximum absolute atomic E-state index is 10.0. The number of benzene rings is 1. The molecule has 4 heteroatoms. The maximum Gasteiger partial charge on any atom is 0.120 e. The van der Waals surface area contributed by atoms with E-state index >= 15 is 0 Å². The second-order valence-corrected chi connectivity index (χ2v) is 5.51. The fourth-order valence-corrected chi connectivity index (χ4v) is 2.94. The summed E-state index contributed by atoms with van der Waals surface area (Å²) in [5.41, 5.74) is 0.959. The molecule has 0 saturated carbocycles. The Balaban J connectivity index is 2.05. The molecule has 1 aromatic rings. The van der Waals surface area contributed by atoms with Gasteiger partial charge >= 0.3 is 0 Å². The molecule has 0 bridgehead atoms. The lowest BCUT2D eigenvalue weighted by atomic mass is 9.98. The number of nitrogens with one attached hydrogen (secondary N) is 1. The molecule has 1 aromatic carbocycles. The smallest absolute Gasteiger partial charge is 0.120 e. The highest BCUT2D eigenvalue weighted by atomic mass is 16.5. The van der Waals surface area contributed by atoms with Crippen LogP contribution in [0.25, 0.3) is 0 Å². The number of nitrogens with zero attached hydrogens (tertiary/aromatic N) is 1. The normalized spacial score (nSPS) is 20.0. The van der Waals surface area contributed by atoms with Crippen LogP contribution in [0.3, 0.4) is 0 Å². The third kappa shape index (κ3) is 3.87. The van der Waals surface area contributed by atoms with E-state index in [2.05, 4.69) is 10.2 Å². The van der Waals surface area contributed by atoms with Crippen molar-refractivity contribution in [1.82, 2.24) is 10.2 Å². The van der Waals surface area contributed by atoms with Gasteiger partial charge in [0.1, 0.15) is 11.5 Å². The van der Waals surface area contributed by atoms with E-state index in [1.165, 1.54) is 25.7 Å². The Kier molecular flexibility index (Phi) is 5.68. The van der Waals surface area contributed by atoms with Crippen LogP contribution in [0.5, 0.6) is 11.5 Å². The number of piperidine rings is 1. The van der Waals surface area contributed by atoms with Crippen LogP contribution in [-0.4, -0.2) is 43.3 Å². The van der Waals surface area contributed by atoms with Crippen molar-refractivity contribution >= 4 is 0 Å². The minimum absolute atomic E-state index is 0.365. The lowest BCUT2D eigenvalue weighted by Gasteiger charge is -2.36. The summed E-state index contributed by atoms with van der Waals surface area (Å²) in [5, 5.41) is 13.3. The quantitative estimate of drug-likeness (QED) is 0.838. The van der Waals surface area contributed by atoms with E-state index < -0.39 is 0 Å². The number of likely N-dealkylation sites (tertiary alicyclic amines) is 1. The second-order valence-electron chi connectivity index (χ2n) is 5.51. The number of ether oxygens (including phenoxy) is 1. The van der Waals surface area contributed by atoms with Crippen LogP contribution in [0.2, 0.25) is 0 Å². The highest BCUT2D eigenvalue weighted by molar-refractivity contribution is 5.39. The molecule has 2 N–H and O–H groups in total. The summed E-state index contributed by atoms with van der Waals surface area (Å²) in [4.78, 5) is 2.50. The first-order chi connectivity index (χ1) is 9.74. The minimum Gasteiger partial charge on any atom is -0.508 e. The van der Waals surface area contributed by atoms with Crippen LogP contribution in [0.1, 0.15) is 31.2 Å². The molecule has 0 radical (unpaired) electrons. The maximum atomic E-state index is 10.0. The van der Waals surface area contributed by atoms with Crippen LogP contribution in [0, 0.1) is 0 Å². The van der Waals surface area contributed by atoms with Crippen LogP contribution in [-0.2, 0) is 6.54 Å². The van der Waals surface area contributed by atoms with Crippen LogP contribution < -0.4 is 10.1 Å². The van der Waals surface area contributed by atoms with Crippen LogP contribution in [0.15, 0.2) is 18.2 Å². The van der Waals surface area contributed by atoms with E-state index in [9.17, 15) is 5.11 Å². The van der Waals surface area contributed by atoms with Crippen LogP contribution >= 0.6 is 0 Å². The van der Waals surface area contributed by atoms with E-state index in [0.29, 0.717) is 11.8 Å². The Morgan fingerprint density at radius 3 is 3.00 bits per heavy atom. The standard InChI is InChI=1S/C16H26N2O2/c1-17-9-8-14-5-3-4-10-18(14)12-13-11-15(20-2)6-7-16(13)19/h6-7,11,14,17,19H,3-5,8-10,12H2,1-2H3. The van der Waals surface area contributed by atoms with Gasteiger partial charge in [-0.2, -0.15) is 0 Å². The molecule has 0 aliphatic carbocycles. The highest BCUT2D eigenvalue weighted by Gasteiger charge is 2.22. The lowest BCUT2D eigenvalue weighted by Crippen LogP contribution is -2.40. The van der Waals surface area contributed by atoms with E-state index in [0.717, 1.165) is 30.9 Å². The molecule has 1 aliphatic rings. The second kappa shape index (κ2) is 7.50. The number of phenols is 1. The molecule has 1 heterocycles. The van der Waals surface area contributed by atoms with Gasteiger partial charge in [-0.1, -0.05) is 6.42 Å². The fourth-order valence-electron chi connectivity index (χ4n) is 2.94. The van der Waals surface area contributed by atoms with Gasteiger partial charge in [-0.05, 0) is 57.6 Å². The number of hydrogen-bond donors (Lipinski definition) is 2. The van der Waals surface area contributed by atoms with E-state index in [4.69, 9.17) is 4.74 Å². The monoisotopic (exact) mass is 278 g/mol. The molecule has 0 amide bonds. The Morgan fingerprint density at radius 2 is 2.25 bits per heavy atom. The van der Waals surface area contributed by atoms with Crippen molar-refractivity contribution in [2.45, 2.75) is 38.3 Å². The molecule has 0 aromatic heterocycles. The Morgan fingerprint density at radius 1 is 1.40 bits per heavy atom. The fraction of sp³-hybridized carbons (Fsp3) is 0.625. The zero-order chi connectivity index (χ0) is 14.4. The number of aromatic hydroxyl groups is 1. The molecule has 20 heavy (non-hydrogen) atoms. The zero-order valence-electron chi connectivity index (χ0n) is 12.6. The van der Waals surface area contributed by atoms with Gasteiger partial charge < -0.3 is 15.2 Å². The van der Waals surface area contributed by atoms with Crippen molar-refractivity contribution in [3.63, 3.8) is 0 Å².